The Kier molecular flexibility index (Phi) is 10.0. The minimum absolute atomic E-state index is 0.664. The van der Waals surface area contributed by atoms with E-state index >= 15 is 0 Å². The van der Waals surface area contributed by atoms with Crippen LogP contribution in [0.1, 0.15) is 50.7 Å². The number of hydrogen-bond donors (Lipinski definition) is 0. The van der Waals surface area contributed by atoms with E-state index in [0.29, 0.717) is 5.92 Å². The molecule has 1 rings (SSSR count). The van der Waals surface area contributed by atoms with Gasteiger partial charge in [0.25, 0.3) is 0 Å². The predicted molar refractivity (Wildman–Crippen MR) is 107 cm³/mol. The van der Waals surface area contributed by atoms with E-state index in [1.54, 1.807) is 7.11 Å². The molecule has 0 bridgehead atoms. The molecule has 1 aromatic rings. The number of halogens is 2. The third-order valence-corrected chi connectivity index (χ3v) is 5.41. The van der Waals surface area contributed by atoms with Crippen molar-refractivity contribution in [2.45, 2.75) is 48.4 Å². The van der Waals surface area contributed by atoms with E-state index in [1.807, 2.05) is 0 Å². The Labute approximate surface area is 156 Å². The van der Waals surface area contributed by atoms with E-state index in [9.17, 15) is 0 Å². The Bertz CT molecular complexity index is 421. The van der Waals surface area contributed by atoms with Gasteiger partial charge in [0, 0.05) is 20.0 Å². The summed E-state index contributed by atoms with van der Waals surface area (Å²) in [5.74, 6) is 2.67. The molecular weight excluding hydrogens is 490 g/mol. The molecule has 4 heteroatoms. The molecule has 21 heavy (non-hydrogen) atoms. The molecule has 0 amide bonds. The lowest BCUT2D eigenvalue weighted by Crippen LogP contribution is -2.12. The smallest absolute Gasteiger partial charge is 0.123 e. The summed E-state index contributed by atoms with van der Waals surface area (Å²) in [7, 11) is 1.74. The molecule has 2 nitrogen and oxygen atoms in total. The maximum atomic E-state index is 6.16. The monoisotopic (exact) mass is 516 g/mol. The molecule has 0 radical (unpaired) electrons. The predicted octanol–water partition coefficient (Wildman–Crippen LogP) is 6.16. The second-order valence-corrected chi connectivity index (χ2v) is 6.79. The van der Waals surface area contributed by atoms with Crippen LogP contribution in [0.5, 0.6) is 11.5 Å². The SMILES string of the molecule is CCCCC(CC)COc1cc(CI)c(OC)cc1CI. The zero-order chi connectivity index (χ0) is 15.7. The van der Waals surface area contributed by atoms with Crippen molar-refractivity contribution < 1.29 is 9.47 Å². The van der Waals surface area contributed by atoms with E-state index < -0.39 is 0 Å². The zero-order valence-electron chi connectivity index (χ0n) is 13.3. The Hall–Kier alpha value is 0.280. The molecule has 0 aromatic heterocycles. The molecule has 1 unspecified atom stereocenters. The molecule has 0 saturated heterocycles. The highest BCUT2D eigenvalue weighted by atomic mass is 127. The summed E-state index contributed by atoms with van der Waals surface area (Å²) >= 11 is 4.76. The lowest BCUT2D eigenvalue weighted by Gasteiger charge is -2.19. The summed E-state index contributed by atoms with van der Waals surface area (Å²) < 4.78 is 13.5. The Morgan fingerprint density at radius 3 is 2.19 bits per heavy atom. The molecule has 1 atom stereocenters. The molecule has 0 N–H and O–H groups in total. The van der Waals surface area contributed by atoms with Crippen molar-refractivity contribution in [3.05, 3.63) is 23.3 Å². The zero-order valence-corrected chi connectivity index (χ0v) is 17.6. The fourth-order valence-corrected chi connectivity index (χ4v) is 3.48. The van der Waals surface area contributed by atoms with Gasteiger partial charge in [-0.3, -0.25) is 0 Å². The van der Waals surface area contributed by atoms with Crippen LogP contribution in [-0.4, -0.2) is 13.7 Å². The number of alkyl halides is 2. The third kappa shape index (κ3) is 6.12. The van der Waals surface area contributed by atoms with Gasteiger partial charge in [-0.2, -0.15) is 0 Å². The van der Waals surface area contributed by atoms with Gasteiger partial charge in [-0.25, -0.2) is 0 Å². The molecular formula is C17H26I2O2. The first-order valence-corrected chi connectivity index (χ1v) is 10.7. The third-order valence-electron chi connectivity index (χ3n) is 3.77. The Morgan fingerprint density at radius 2 is 1.67 bits per heavy atom. The van der Waals surface area contributed by atoms with Gasteiger partial charge in [-0.05, 0) is 24.5 Å². The number of methoxy groups -OCH3 is 1. The highest BCUT2D eigenvalue weighted by molar-refractivity contribution is 14.1. The maximum Gasteiger partial charge on any atom is 0.123 e. The lowest BCUT2D eigenvalue weighted by molar-refractivity contribution is 0.231. The van der Waals surface area contributed by atoms with Crippen LogP contribution < -0.4 is 9.47 Å². The van der Waals surface area contributed by atoms with Crippen LogP contribution in [0.2, 0.25) is 0 Å². The van der Waals surface area contributed by atoms with Crippen molar-refractivity contribution in [2.75, 3.05) is 13.7 Å². The van der Waals surface area contributed by atoms with E-state index in [4.69, 9.17) is 9.47 Å². The molecule has 0 aliphatic rings. The van der Waals surface area contributed by atoms with Crippen LogP contribution in [0.15, 0.2) is 12.1 Å². The first-order chi connectivity index (χ1) is 10.2. The molecule has 120 valence electrons. The van der Waals surface area contributed by atoms with Gasteiger partial charge in [0.05, 0.1) is 13.7 Å². The summed E-state index contributed by atoms with van der Waals surface area (Å²) in [6.07, 6.45) is 5.01. The topological polar surface area (TPSA) is 18.5 Å². The summed E-state index contributed by atoms with van der Waals surface area (Å²) in [4.78, 5) is 0. The molecule has 0 saturated carbocycles. The number of rotatable bonds is 10. The second-order valence-electron chi connectivity index (χ2n) is 5.27. The number of ether oxygens (including phenoxy) is 2. The van der Waals surface area contributed by atoms with Crippen LogP contribution in [0.3, 0.4) is 0 Å². The van der Waals surface area contributed by atoms with E-state index in [1.165, 1.54) is 36.8 Å². The van der Waals surface area contributed by atoms with Gasteiger partial charge in [0.15, 0.2) is 0 Å². The van der Waals surface area contributed by atoms with Crippen LogP contribution >= 0.6 is 45.2 Å². The molecule has 0 fully saturated rings. The van der Waals surface area contributed by atoms with Crippen LogP contribution in [-0.2, 0) is 8.86 Å². The minimum Gasteiger partial charge on any atom is -0.496 e. The summed E-state index contributed by atoms with van der Waals surface area (Å²) in [6.45, 7) is 5.33. The highest BCUT2D eigenvalue weighted by Gasteiger charge is 2.13. The van der Waals surface area contributed by atoms with Crippen molar-refractivity contribution in [1.82, 2.24) is 0 Å². The quantitative estimate of drug-likeness (QED) is 0.274. The van der Waals surface area contributed by atoms with Gasteiger partial charge in [-0.15, -0.1) is 0 Å². The van der Waals surface area contributed by atoms with Gasteiger partial charge in [0.1, 0.15) is 11.5 Å². The number of benzene rings is 1. The van der Waals surface area contributed by atoms with Crippen molar-refractivity contribution in [2.24, 2.45) is 5.92 Å². The molecule has 0 spiro atoms. The van der Waals surface area contributed by atoms with Crippen LogP contribution in [0.25, 0.3) is 0 Å². The normalized spacial score (nSPS) is 12.2. The van der Waals surface area contributed by atoms with Gasteiger partial charge in [0.2, 0.25) is 0 Å². The molecule has 0 aliphatic carbocycles. The van der Waals surface area contributed by atoms with Gasteiger partial charge in [-0.1, -0.05) is 78.3 Å². The maximum absolute atomic E-state index is 6.16. The largest absolute Gasteiger partial charge is 0.496 e. The molecule has 0 aliphatic heterocycles. The standard InChI is InChI=1S/C17H26I2O2/c1-4-6-7-13(5-2)12-21-17-9-14(10-18)16(20-3)8-15(17)11-19/h8-9,13H,4-7,10-12H2,1-3H3. The van der Waals surface area contributed by atoms with Crippen molar-refractivity contribution >= 4 is 45.2 Å². The van der Waals surface area contributed by atoms with E-state index in [0.717, 1.165) is 27.0 Å². The fourth-order valence-electron chi connectivity index (χ4n) is 2.28. The van der Waals surface area contributed by atoms with Crippen molar-refractivity contribution in [3.63, 3.8) is 0 Å². The summed E-state index contributed by atoms with van der Waals surface area (Å²) in [5.41, 5.74) is 2.44. The van der Waals surface area contributed by atoms with Crippen molar-refractivity contribution in [1.29, 1.82) is 0 Å². The van der Waals surface area contributed by atoms with Crippen molar-refractivity contribution in [3.8, 4) is 11.5 Å². The molecule has 1 aromatic carbocycles. The first-order valence-electron chi connectivity index (χ1n) is 7.64. The average Bonchev–Trinajstić information content (AvgIpc) is 2.54. The minimum atomic E-state index is 0.664. The Balaban J connectivity index is 2.81. The Morgan fingerprint density at radius 1 is 1.05 bits per heavy atom. The number of unbranched alkanes of at least 4 members (excludes halogenated alkanes) is 1. The second kappa shape index (κ2) is 10.9. The van der Waals surface area contributed by atoms with Crippen LogP contribution in [0, 0.1) is 5.92 Å². The average molecular weight is 516 g/mol. The number of hydrogen-bond acceptors (Lipinski definition) is 2. The van der Waals surface area contributed by atoms with E-state index in [-0.39, 0.29) is 0 Å². The van der Waals surface area contributed by atoms with Crippen LogP contribution in [0.4, 0.5) is 0 Å². The summed E-state index contributed by atoms with van der Waals surface area (Å²) in [5, 5.41) is 0. The first kappa shape index (κ1) is 19.3. The van der Waals surface area contributed by atoms with Gasteiger partial charge < -0.3 is 9.47 Å². The fraction of sp³-hybridized carbons (Fsp3) is 0.647. The molecule has 0 heterocycles. The van der Waals surface area contributed by atoms with E-state index in [2.05, 4.69) is 71.2 Å². The highest BCUT2D eigenvalue weighted by Crippen LogP contribution is 2.32. The van der Waals surface area contributed by atoms with Gasteiger partial charge >= 0.3 is 0 Å². The lowest BCUT2D eigenvalue weighted by atomic mass is 10.0. The summed E-state index contributed by atoms with van der Waals surface area (Å²) in [6, 6.07) is 4.29.